The summed E-state index contributed by atoms with van der Waals surface area (Å²) in [7, 11) is 0. The number of halogens is 4. The van der Waals surface area contributed by atoms with Crippen LogP contribution in [0.5, 0.6) is 5.88 Å². The number of aromatic nitrogens is 4. The molecule has 3 aromatic heterocycles. The zero-order chi connectivity index (χ0) is 24.5. The van der Waals surface area contributed by atoms with E-state index in [1.165, 1.54) is 0 Å². The number of carbonyl (C=O) groups is 1. The smallest absolute Gasteiger partial charge is 0.417 e. The Morgan fingerprint density at radius 1 is 1.15 bits per heavy atom. The Labute approximate surface area is 199 Å². The van der Waals surface area contributed by atoms with E-state index in [9.17, 15) is 18.0 Å². The van der Waals surface area contributed by atoms with Crippen LogP contribution in [0.4, 0.5) is 13.2 Å². The van der Waals surface area contributed by atoms with Gasteiger partial charge in [-0.15, -0.1) is 0 Å². The molecule has 1 aliphatic rings. The topological polar surface area (TPSA) is 81.1 Å². The Kier molecular flexibility index (Phi) is 6.70. The number of nitrogens with zero attached hydrogens (tertiary/aromatic N) is 5. The predicted molar refractivity (Wildman–Crippen MR) is 118 cm³/mol. The molecule has 1 aliphatic heterocycles. The first-order valence-corrected chi connectivity index (χ1v) is 11.0. The minimum atomic E-state index is -4.56. The molecular weight excluding hydrogens is 471 g/mol. The van der Waals surface area contributed by atoms with Gasteiger partial charge in [-0.05, 0) is 50.5 Å². The first-order valence-electron chi connectivity index (χ1n) is 10.6. The standard InChI is InChI=1S/C23H21ClF3N5O2/c1-13-9-16(19(30-11-13)20-28-6-4-7-29-20)22(33)32-8-3-5-18(14(32)2)34-21-17(24)10-15(12-31-21)23(25,26)27/h4,6-7,9-12,14,18H,3,5,8H2,1-2H3/t14-,18+/m0/s1. The maximum Gasteiger partial charge on any atom is 0.417 e. The fourth-order valence-corrected chi connectivity index (χ4v) is 4.06. The first-order chi connectivity index (χ1) is 16.1. The molecule has 0 aromatic carbocycles. The van der Waals surface area contributed by atoms with Gasteiger partial charge in [-0.2, -0.15) is 13.2 Å². The normalized spacial score (nSPS) is 18.6. The number of alkyl halides is 3. The molecule has 178 valence electrons. The van der Waals surface area contributed by atoms with E-state index in [0.29, 0.717) is 42.7 Å². The van der Waals surface area contributed by atoms with E-state index in [4.69, 9.17) is 16.3 Å². The van der Waals surface area contributed by atoms with Gasteiger partial charge < -0.3 is 9.64 Å². The van der Waals surface area contributed by atoms with Crippen LogP contribution in [-0.4, -0.2) is 49.4 Å². The van der Waals surface area contributed by atoms with Gasteiger partial charge in [0.15, 0.2) is 5.82 Å². The lowest BCUT2D eigenvalue weighted by Gasteiger charge is -2.39. The number of likely N-dealkylation sites (tertiary alicyclic amines) is 1. The van der Waals surface area contributed by atoms with Crippen LogP contribution in [0, 0.1) is 6.92 Å². The predicted octanol–water partition coefficient (Wildman–Crippen LogP) is 4.99. The maximum absolute atomic E-state index is 13.6. The summed E-state index contributed by atoms with van der Waals surface area (Å²) < 4.78 is 44.6. The van der Waals surface area contributed by atoms with Crippen molar-refractivity contribution in [3.63, 3.8) is 0 Å². The lowest BCUT2D eigenvalue weighted by molar-refractivity contribution is -0.137. The van der Waals surface area contributed by atoms with Gasteiger partial charge in [0.25, 0.3) is 5.91 Å². The molecular formula is C23H21ClF3N5O2. The van der Waals surface area contributed by atoms with E-state index in [-0.39, 0.29) is 16.8 Å². The lowest BCUT2D eigenvalue weighted by Crippen LogP contribution is -2.51. The van der Waals surface area contributed by atoms with Crippen LogP contribution >= 0.6 is 11.6 Å². The SMILES string of the molecule is Cc1cnc(-c2ncccn2)c(C(=O)N2CCC[C@@H](Oc3ncc(C(F)(F)F)cc3Cl)[C@@H]2C)c1. The quantitative estimate of drug-likeness (QED) is 0.511. The molecule has 1 saturated heterocycles. The fourth-order valence-electron chi connectivity index (χ4n) is 3.85. The Hall–Kier alpha value is -3.27. The van der Waals surface area contributed by atoms with Crippen LogP contribution in [0.2, 0.25) is 5.02 Å². The molecule has 3 aromatic rings. The van der Waals surface area contributed by atoms with Crippen molar-refractivity contribution in [2.45, 2.75) is 45.0 Å². The van der Waals surface area contributed by atoms with Crippen molar-refractivity contribution in [3.05, 3.63) is 64.7 Å². The van der Waals surface area contributed by atoms with Gasteiger partial charge in [-0.3, -0.25) is 9.78 Å². The minimum absolute atomic E-state index is 0.101. The molecule has 11 heteroatoms. The number of rotatable bonds is 4. The van der Waals surface area contributed by atoms with Crippen LogP contribution in [-0.2, 0) is 6.18 Å². The zero-order valence-electron chi connectivity index (χ0n) is 18.4. The van der Waals surface area contributed by atoms with Gasteiger partial charge >= 0.3 is 6.18 Å². The average molecular weight is 492 g/mol. The summed E-state index contributed by atoms with van der Waals surface area (Å²) >= 11 is 6.01. The molecule has 7 nitrogen and oxygen atoms in total. The van der Waals surface area contributed by atoms with E-state index in [2.05, 4.69) is 19.9 Å². The number of hydrogen-bond donors (Lipinski definition) is 0. The molecule has 0 saturated carbocycles. The van der Waals surface area contributed by atoms with Crippen molar-refractivity contribution in [1.29, 1.82) is 0 Å². The summed E-state index contributed by atoms with van der Waals surface area (Å²) in [4.78, 5) is 31.8. The van der Waals surface area contributed by atoms with Crippen LogP contribution in [0.3, 0.4) is 0 Å². The summed E-state index contributed by atoms with van der Waals surface area (Å²) in [5.74, 6) is -0.0219. The number of piperidine rings is 1. The van der Waals surface area contributed by atoms with Crippen molar-refractivity contribution in [1.82, 2.24) is 24.8 Å². The van der Waals surface area contributed by atoms with E-state index < -0.39 is 23.9 Å². The zero-order valence-corrected chi connectivity index (χ0v) is 19.1. The monoisotopic (exact) mass is 491 g/mol. The summed E-state index contributed by atoms with van der Waals surface area (Å²) in [6.45, 7) is 4.14. The number of hydrogen-bond acceptors (Lipinski definition) is 6. The summed E-state index contributed by atoms with van der Waals surface area (Å²) in [5.41, 5.74) is 0.588. The third-order valence-corrected chi connectivity index (χ3v) is 5.88. The second-order valence-corrected chi connectivity index (χ2v) is 8.43. The summed E-state index contributed by atoms with van der Waals surface area (Å²) in [5, 5.41) is -0.239. The molecule has 1 amide bonds. The van der Waals surface area contributed by atoms with Crippen molar-refractivity contribution < 1.29 is 22.7 Å². The molecule has 34 heavy (non-hydrogen) atoms. The van der Waals surface area contributed by atoms with E-state index in [0.717, 1.165) is 11.6 Å². The Morgan fingerprint density at radius 2 is 1.88 bits per heavy atom. The number of carbonyl (C=O) groups excluding carboxylic acids is 1. The Morgan fingerprint density at radius 3 is 2.56 bits per heavy atom. The number of aryl methyl sites for hydroxylation is 1. The Bertz CT molecular complexity index is 1190. The molecule has 0 spiro atoms. The highest BCUT2D eigenvalue weighted by molar-refractivity contribution is 6.31. The van der Waals surface area contributed by atoms with E-state index >= 15 is 0 Å². The van der Waals surface area contributed by atoms with Gasteiger partial charge in [0.05, 0.1) is 17.2 Å². The van der Waals surface area contributed by atoms with Gasteiger partial charge in [0.2, 0.25) is 5.88 Å². The molecule has 2 atom stereocenters. The number of ether oxygens (including phenoxy) is 1. The van der Waals surface area contributed by atoms with Crippen molar-refractivity contribution in [2.24, 2.45) is 0 Å². The van der Waals surface area contributed by atoms with Gasteiger partial charge in [-0.1, -0.05) is 11.6 Å². The minimum Gasteiger partial charge on any atom is -0.471 e. The molecule has 0 radical (unpaired) electrons. The van der Waals surface area contributed by atoms with E-state index in [1.54, 1.807) is 35.6 Å². The molecule has 0 unspecified atom stereocenters. The largest absolute Gasteiger partial charge is 0.471 e. The number of amides is 1. The van der Waals surface area contributed by atoms with Crippen LogP contribution in [0.25, 0.3) is 11.5 Å². The van der Waals surface area contributed by atoms with Crippen molar-refractivity contribution in [2.75, 3.05) is 6.54 Å². The van der Waals surface area contributed by atoms with Gasteiger partial charge in [0.1, 0.15) is 16.8 Å². The highest BCUT2D eigenvalue weighted by Crippen LogP contribution is 2.34. The maximum atomic E-state index is 13.6. The van der Waals surface area contributed by atoms with Crippen molar-refractivity contribution >= 4 is 17.5 Å². The molecule has 1 fully saturated rings. The number of pyridine rings is 2. The molecule has 0 bridgehead atoms. The highest BCUT2D eigenvalue weighted by atomic mass is 35.5. The molecule has 0 N–H and O–H groups in total. The fraction of sp³-hybridized carbons (Fsp3) is 0.348. The molecule has 4 heterocycles. The average Bonchev–Trinajstić information content (AvgIpc) is 2.81. The third-order valence-electron chi connectivity index (χ3n) is 5.61. The highest BCUT2D eigenvalue weighted by Gasteiger charge is 2.36. The van der Waals surface area contributed by atoms with Crippen LogP contribution in [0.15, 0.2) is 43.0 Å². The second-order valence-electron chi connectivity index (χ2n) is 8.03. The first kappa shape index (κ1) is 23.9. The van der Waals surface area contributed by atoms with Crippen LogP contribution < -0.4 is 4.74 Å². The molecule has 0 aliphatic carbocycles. The van der Waals surface area contributed by atoms with Crippen molar-refractivity contribution in [3.8, 4) is 17.4 Å². The van der Waals surface area contributed by atoms with Crippen LogP contribution in [0.1, 0.15) is 41.3 Å². The summed E-state index contributed by atoms with van der Waals surface area (Å²) in [6.07, 6.45) is 1.64. The van der Waals surface area contributed by atoms with Gasteiger partial charge in [0, 0.05) is 31.3 Å². The lowest BCUT2D eigenvalue weighted by atomic mass is 9.98. The van der Waals surface area contributed by atoms with Gasteiger partial charge in [-0.25, -0.2) is 15.0 Å². The molecule has 4 rings (SSSR count). The second kappa shape index (κ2) is 9.54. The third kappa shape index (κ3) is 4.96. The summed E-state index contributed by atoms with van der Waals surface area (Å²) in [6, 6.07) is 3.80. The van der Waals surface area contributed by atoms with E-state index in [1.807, 2.05) is 13.8 Å². The Balaban J connectivity index is 1.58.